The van der Waals surface area contributed by atoms with Gasteiger partial charge in [0.2, 0.25) is 0 Å². The van der Waals surface area contributed by atoms with Gasteiger partial charge >= 0.3 is 0 Å². The van der Waals surface area contributed by atoms with Gasteiger partial charge in [-0.05, 0) is 31.2 Å². The zero-order valence-corrected chi connectivity index (χ0v) is 11.4. The van der Waals surface area contributed by atoms with E-state index in [0.717, 1.165) is 23.7 Å². The third-order valence-electron chi connectivity index (χ3n) is 2.99. The topological polar surface area (TPSA) is 49.4 Å². The molecule has 0 amide bonds. The van der Waals surface area contributed by atoms with Gasteiger partial charge in [-0.25, -0.2) is 0 Å². The van der Waals surface area contributed by atoms with Gasteiger partial charge in [-0.1, -0.05) is 12.1 Å². The van der Waals surface area contributed by atoms with Gasteiger partial charge in [-0.2, -0.15) is 0 Å². The van der Waals surface area contributed by atoms with Crippen LogP contribution in [0.5, 0.6) is 11.5 Å². The summed E-state index contributed by atoms with van der Waals surface area (Å²) in [4.78, 5) is 0. The molecule has 1 atom stereocenters. The smallest absolute Gasteiger partial charge is 0.161 e. The van der Waals surface area contributed by atoms with Gasteiger partial charge in [-0.3, -0.25) is 0 Å². The Morgan fingerprint density at radius 1 is 1.16 bits per heavy atom. The molecule has 0 spiro atoms. The molecule has 0 aliphatic heterocycles. The predicted octanol–water partition coefficient (Wildman–Crippen LogP) is 2.60. The van der Waals surface area contributed by atoms with Crippen molar-refractivity contribution in [2.75, 3.05) is 13.7 Å². The summed E-state index contributed by atoms with van der Waals surface area (Å²) < 4.78 is 13.1. The van der Waals surface area contributed by atoms with Crippen LogP contribution in [0.25, 0.3) is 0 Å². The van der Waals surface area contributed by atoms with Crippen LogP contribution < -0.4 is 15.2 Å². The van der Waals surface area contributed by atoms with E-state index in [1.165, 1.54) is 0 Å². The second kappa shape index (κ2) is 6.29. The lowest BCUT2D eigenvalue weighted by molar-refractivity contribution is 0.278. The number of rotatable bonds is 6. The first-order valence-electron chi connectivity index (χ1n) is 6.39. The molecule has 2 N–H and O–H groups in total. The van der Waals surface area contributed by atoms with E-state index in [4.69, 9.17) is 15.2 Å². The molecule has 0 radical (unpaired) electrons. The summed E-state index contributed by atoms with van der Waals surface area (Å²) in [5.41, 5.74) is 7.02. The highest BCUT2D eigenvalue weighted by molar-refractivity contribution is 5.39. The lowest BCUT2D eigenvalue weighted by atomic mass is 10.2. The van der Waals surface area contributed by atoms with Crippen molar-refractivity contribution in [2.24, 2.45) is 5.73 Å². The molecule has 0 aliphatic rings. The monoisotopic (exact) mass is 260 g/mol. The Morgan fingerprint density at radius 3 is 2.58 bits per heavy atom. The molecule has 1 aromatic heterocycles. The van der Waals surface area contributed by atoms with Crippen molar-refractivity contribution in [3.8, 4) is 11.5 Å². The fourth-order valence-electron chi connectivity index (χ4n) is 2.04. The molecular weight excluding hydrogens is 240 g/mol. The van der Waals surface area contributed by atoms with Crippen LogP contribution in [0.15, 0.2) is 42.6 Å². The van der Waals surface area contributed by atoms with Crippen LogP contribution in [-0.2, 0) is 6.54 Å². The molecule has 4 nitrogen and oxygen atoms in total. The molecule has 1 unspecified atom stereocenters. The Labute approximate surface area is 113 Å². The molecule has 2 aromatic rings. The number of nitrogens with zero attached hydrogens (tertiary/aromatic N) is 1. The summed E-state index contributed by atoms with van der Waals surface area (Å²) in [7, 11) is 1.64. The maximum atomic E-state index is 5.91. The number of nitrogens with two attached hydrogens (primary N) is 1. The summed E-state index contributed by atoms with van der Waals surface area (Å²) in [5.74, 6) is 1.52. The van der Waals surface area contributed by atoms with E-state index in [1.54, 1.807) is 7.11 Å². The molecule has 0 saturated carbocycles. The largest absolute Gasteiger partial charge is 0.493 e. The molecule has 19 heavy (non-hydrogen) atoms. The first-order chi connectivity index (χ1) is 9.22. The minimum atomic E-state index is 0.0289. The van der Waals surface area contributed by atoms with E-state index < -0.39 is 0 Å². The molecular formula is C15H20N2O2. The van der Waals surface area contributed by atoms with Gasteiger partial charge in [-0.15, -0.1) is 0 Å². The van der Waals surface area contributed by atoms with Crippen LogP contribution >= 0.6 is 0 Å². The van der Waals surface area contributed by atoms with Crippen molar-refractivity contribution in [1.82, 2.24) is 4.57 Å². The van der Waals surface area contributed by atoms with Crippen molar-refractivity contribution < 1.29 is 9.47 Å². The summed E-state index contributed by atoms with van der Waals surface area (Å²) >= 11 is 0. The molecule has 2 rings (SSSR count). The normalized spacial score (nSPS) is 12.2. The minimum Gasteiger partial charge on any atom is -0.493 e. The van der Waals surface area contributed by atoms with Crippen LogP contribution in [0, 0.1) is 0 Å². The third-order valence-corrected chi connectivity index (χ3v) is 2.99. The SMILES string of the molecule is COc1ccccc1OCCn1cccc1C(C)N. The van der Waals surface area contributed by atoms with Crippen molar-refractivity contribution in [3.63, 3.8) is 0 Å². The van der Waals surface area contributed by atoms with Crippen LogP contribution in [0.1, 0.15) is 18.7 Å². The lowest BCUT2D eigenvalue weighted by Crippen LogP contribution is -2.15. The fourth-order valence-corrected chi connectivity index (χ4v) is 2.04. The van der Waals surface area contributed by atoms with Crippen molar-refractivity contribution in [3.05, 3.63) is 48.3 Å². The summed E-state index contributed by atoms with van der Waals surface area (Å²) in [5, 5.41) is 0. The number of methoxy groups -OCH3 is 1. The van der Waals surface area contributed by atoms with Gasteiger partial charge in [0.05, 0.1) is 13.7 Å². The van der Waals surface area contributed by atoms with Gasteiger partial charge < -0.3 is 19.8 Å². The quantitative estimate of drug-likeness (QED) is 0.868. The maximum Gasteiger partial charge on any atom is 0.161 e. The van der Waals surface area contributed by atoms with E-state index in [2.05, 4.69) is 4.57 Å². The minimum absolute atomic E-state index is 0.0289. The Hall–Kier alpha value is -1.94. The predicted molar refractivity (Wildman–Crippen MR) is 75.5 cm³/mol. The second-order valence-electron chi connectivity index (χ2n) is 4.41. The van der Waals surface area contributed by atoms with E-state index in [1.807, 2.05) is 49.5 Å². The molecule has 0 aliphatic carbocycles. The van der Waals surface area contributed by atoms with Gasteiger partial charge in [0.1, 0.15) is 6.61 Å². The van der Waals surface area contributed by atoms with Crippen LogP contribution in [0.4, 0.5) is 0 Å². The molecule has 102 valence electrons. The average molecular weight is 260 g/mol. The Balaban J connectivity index is 1.95. The highest BCUT2D eigenvalue weighted by atomic mass is 16.5. The van der Waals surface area contributed by atoms with Gasteiger partial charge in [0.25, 0.3) is 0 Å². The fraction of sp³-hybridized carbons (Fsp3) is 0.333. The van der Waals surface area contributed by atoms with Gasteiger partial charge in [0, 0.05) is 17.9 Å². The van der Waals surface area contributed by atoms with Crippen molar-refractivity contribution in [2.45, 2.75) is 19.5 Å². The highest BCUT2D eigenvalue weighted by Crippen LogP contribution is 2.25. The molecule has 1 aromatic carbocycles. The van der Waals surface area contributed by atoms with Crippen LogP contribution in [-0.4, -0.2) is 18.3 Å². The average Bonchev–Trinajstić information content (AvgIpc) is 2.88. The van der Waals surface area contributed by atoms with Crippen LogP contribution in [0.3, 0.4) is 0 Å². The standard InChI is InChI=1S/C15H20N2O2/c1-12(16)13-6-5-9-17(13)10-11-19-15-8-4-3-7-14(15)18-2/h3-9,12H,10-11,16H2,1-2H3. The van der Waals surface area contributed by atoms with Crippen molar-refractivity contribution >= 4 is 0 Å². The van der Waals surface area contributed by atoms with E-state index >= 15 is 0 Å². The second-order valence-corrected chi connectivity index (χ2v) is 4.41. The van der Waals surface area contributed by atoms with Gasteiger partial charge in [0.15, 0.2) is 11.5 Å². The zero-order chi connectivity index (χ0) is 13.7. The first-order valence-corrected chi connectivity index (χ1v) is 6.39. The summed E-state index contributed by atoms with van der Waals surface area (Å²) in [6.45, 7) is 3.32. The zero-order valence-electron chi connectivity index (χ0n) is 11.4. The summed E-state index contributed by atoms with van der Waals surface area (Å²) in [6.07, 6.45) is 2.02. The third kappa shape index (κ3) is 3.29. The van der Waals surface area contributed by atoms with E-state index in [-0.39, 0.29) is 6.04 Å². The van der Waals surface area contributed by atoms with Crippen LogP contribution in [0.2, 0.25) is 0 Å². The Bertz CT molecular complexity index is 520. The molecule has 0 fully saturated rings. The highest BCUT2D eigenvalue weighted by Gasteiger charge is 2.06. The number of benzene rings is 1. The number of ether oxygens (including phenoxy) is 2. The molecule has 4 heteroatoms. The molecule has 0 bridgehead atoms. The molecule has 0 saturated heterocycles. The number of hydrogen-bond donors (Lipinski definition) is 1. The number of hydrogen-bond acceptors (Lipinski definition) is 3. The molecule has 1 heterocycles. The van der Waals surface area contributed by atoms with E-state index in [0.29, 0.717) is 6.61 Å². The number of para-hydroxylation sites is 2. The lowest BCUT2D eigenvalue weighted by Gasteiger charge is -2.14. The Kier molecular flexibility index (Phi) is 4.47. The van der Waals surface area contributed by atoms with Crippen molar-refractivity contribution in [1.29, 1.82) is 0 Å². The maximum absolute atomic E-state index is 5.91. The summed E-state index contributed by atoms with van der Waals surface area (Å²) in [6, 6.07) is 11.7. The first kappa shape index (κ1) is 13.5. The van der Waals surface area contributed by atoms with E-state index in [9.17, 15) is 0 Å². The number of aromatic nitrogens is 1. The Morgan fingerprint density at radius 2 is 1.89 bits per heavy atom.